The van der Waals surface area contributed by atoms with Gasteiger partial charge in [0, 0.05) is 28.9 Å². The van der Waals surface area contributed by atoms with Crippen molar-refractivity contribution in [2.24, 2.45) is 5.92 Å². The van der Waals surface area contributed by atoms with E-state index in [1.165, 1.54) is 12.1 Å². The summed E-state index contributed by atoms with van der Waals surface area (Å²) in [7, 11) is 0. The van der Waals surface area contributed by atoms with Crippen molar-refractivity contribution in [3.63, 3.8) is 0 Å². The molecule has 3 aromatic carbocycles. The van der Waals surface area contributed by atoms with Crippen molar-refractivity contribution >= 4 is 17.6 Å². The van der Waals surface area contributed by atoms with Gasteiger partial charge in [-0.15, -0.1) is 10.2 Å². The SMILES string of the molecule is CCOC(=O)CCNC(=O)c1ccc(NC(CC(C)C)c2ccc(-c3nnc(-c4ccc(F)cc4)o3)cc2)cc1. The number of carbonyl (C=O) groups excluding carboxylic acids is 2. The molecule has 208 valence electrons. The van der Waals surface area contributed by atoms with Crippen LogP contribution in [0.15, 0.2) is 77.2 Å². The van der Waals surface area contributed by atoms with Crippen molar-refractivity contribution < 1.29 is 23.1 Å². The second kappa shape index (κ2) is 13.5. The van der Waals surface area contributed by atoms with Crippen LogP contribution in [-0.4, -0.2) is 35.2 Å². The number of ether oxygens (including phenoxy) is 1. The molecule has 0 aliphatic heterocycles. The number of halogens is 1. The van der Waals surface area contributed by atoms with Gasteiger partial charge >= 0.3 is 5.97 Å². The first-order chi connectivity index (χ1) is 19.3. The van der Waals surface area contributed by atoms with Crippen molar-refractivity contribution in [3.8, 4) is 22.9 Å². The van der Waals surface area contributed by atoms with E-state index < -0.39 is 0 Å². The molecule has 0 saturated heterocycles. The summed E-state index contributed by atoms with van der Waals surface area (Å²) in [5.74, 6) is 0.251. The molecular weight excluding hydrogens is 511 g/mol. The lowest BCUT2D eigenvalue weighted by molar-refractivity contribution is -0.142. The van der Waals surface area contributed by atoms with Gasteiger partial charge in [-0.3, -0.25) is 9.59 Å². The summed E-state index contributed by atoms with van der Waals surface area (Å²) < 4.78 is 23.9. The Bertz CT molecular complexity index is 1400. The predicted octanol–water partition coefficient (Wildman–Crippen LogP) is 6.43. The molecule has 1 unspecified atom stereocenters. The van der Waals surface area contributed by atoms with Gasteiger partial charge in [0.05, 0.1) is 19.1 Å². The van der Waals surface area contributed by atoms with Crippen molar-refractivity contribution in [3.05, 3.63) is 89.7 Å². The zero-order valence-electron chi connectivity index (χ0n) is 22.8. The van der Waals surface area contributed by atoms with E-state index in [0.29, 0.717) is 35.4 Å². The fourth-order valence-electron chi connectivity index (χ4n) is 4.19. The number of rotatable bonds is 12. The van der Waals surface area contributed by atoms with Crippen LogP contribution in [0.25, 0.3) is 22.9 Å². The normalized spacial score (nSPS) is 11.7. The molecule has 0 fully saturated rings. The van der Waals surface area contributed by atoms with Crippen molar-refractivity contribution in [1.29, 1.82) is 0 Å². The molecule has 40 heavy (non-hydrogen) atoms. The molecule has 0 aliphatic rings. The fraction of sp³-hybridized carbons (Fsp3) is 0.290. The van der Waals surface area contributed by atoms with Crippen LogP contribution in [0.1, 0.15) is 55.6 Å². The fourth-order valence-corrected chi connectivity index (χ4v) is 4.19. The van der Waals surface area contributed by atoms with Crippen LogP contribution >= 0.6 is 0 Å². The van der Waals surface area contributed by atoms with Crippen molar-refractivity contribution in [1.82, 2.24) is 15.5 Å². The Labute approximate surface area is 233 Å². The summed E-state index contributed by atoms with van der Waals surface area (Å²) >= 11 is 0. The lowest BCUT2D eigenvalue weighted by Crippen LogP contribution is -2.26. The number of benzene rings is 3. The summed E-state index contributed by atoms with van der Waals surface area (Å²) in [5.41, 5.74) is 3.93. The molecule has 4 aromatic rings. The van der Waals surface area contributed by atoms with Crippen molar-refractivity contribution in [2.75, 3.05) is 18.5 Å². The number of nitrogens with one attached hydrogen (secondary N) is 2. The average molecular weight is 545 g/mol. The van der Waals surface area contributed by atoms with E-state index in [1.54, 1.807) is 31.2 Å². The number of anilines is 1. The zero-order chi connectivity index (χ0) is 28.5. The Hall–Kier alpha value is -4.53. The van der Waals surface area contributed by atoms with E-state index in [1.807, 2.05) is 36.4 Å². The minimum Gasteiger partial charge on any atom is -0.466 e. The van der Waals surface area contributed by atoms with E-state index in [2.05, 4.69) is 34.7 Å². The quantitative estimate of drug-likeness (QED) is 0.198. The van der Waals surface area contributed by atoms with E-state index in [0.717, 1.165) is 23.2 Å². The van der Waals surface area contributed by atoms with Crippen LogP contribution in [0.3, 0.4) is 0 Å². The highest BCUT2D eigenvalue weighted by Gasteiger charge is 2.16. The largest absolute Gasteiger partial charge is 0.466 e. The molecular formula is C31H33FN4O4. The highest BCUT2D eigenvalue weighted by atomic mass is 19.1. The van der Waals surface area contributed by atoms with Crippen LogP contribution in [0.2, 0.25) is 0 Å². The van der Waals surface area contributed by atoms with Gasteiger partial charge in [0.1, 0.15) is 5.82 Å². The zero-order valence-corrected chi connectivity index (χ0v) is 22.8. The molecule has 4 rings (SSSR count). The van der Waals surface area contributed by atoms with Crippen LogP contribution in [0, 0.1) is 11.7 Å². The molecule has 0 bridgehead atoms. The number of hydrogen-bond acceptors (Lipinski definition) is 7. The molecule has 0 saturated carbocycles. The highest BCUT2D eigenvalue weighted by molar-refractivity contribution is 5.94. The Balaban J connectivity index is 1.40. The van der Waals surface area contributed by atoms with Gasteiger partial charge in [-0.1, -0.05) is 26.0 Å². The van der Waals surface area contributed by atoms with E-state index >= 15 is 0 Å². The molecule has 8 nitrogen and oxygen atoms in total. The molecule has 0 radical (unpaired) electrons. The van der Waals surface area contributed by atoms with Crippen LogP contribution in [0.4, 0.5) is 10.1 Å². The summed E-state index contributed by atoms with van der Waals surface area (Å²) in [4.78, 5) is 23.9. The average Bonchev–Trinajstić information content (AvgIpc) is 3.44. The number of aromatic nitrogens is 2. The van der Waals surface area contributed by atoms with E-state index in [9.17, 15) is 14.0 Å². The maximum absolute atomic E-state index is 13.2. The number of nitrogens with zero attached hydrogens (tertiary/aromatic N) is 2. The lowest BCUT2D eigenvalue weighted by atomic mass is 9.96. The van der Waals surface area contributed by atoms with Gasteiger partial charge in [-0.2, -0.15) is 0 Å². The van der Waals surface area contributed by atoms with Gasteiger partial charge in [-0.25, -0.2) is 4.39 Å². The second-order valence-electron chi connectivity index (χ2n) is 9.76. The first-order valence-corrected chi connectivity index (χ1v) is 13.3. The minimum atomic E-state index is -0.335. The summed E-state index contributed by atoms with van der Waals surface area (Å²) in [6, 6.07) is 21.1. The van der Waals surface area contributed by atoms with Gasteiger partial charge in [0.15, 0.2) is 0 Å². The van der Waals surface area contributed by atoms with Gasteiger partial charge < -0.3 is 19.8 Å². The van der Waals surface area contributed by atoms with Gasteiger partial charge in [-0.05, 0) is 85.5 Å². The summed E-state index contributed by atoms with van der Waals surface area (Å²) in [5, 5.41) is 14.6. The maximum Gasteiger partial charge on any atom is 0.307 e. The lowest BCUT2D eigenvalue weighted by Gasteiger charge is -2.22. The van der Waals surface area contributed by atoms with Crippen molar-refractivity contribution in [2.45, 2.75) is 39.7 Å². The standard InChI is InChI=1S/C31H33FN4O4/c1-4-39-28(37)17-18-33-29(38)22-11-15-26(16-12-22)34-27(19-20(2)3)21-5-7-23(8-6-21)30-35-36-31(40-30)24-9-13-25(32)14-10-24/h5-16,20,27,34H,4,17-19H2,1-3H3,(H,33,38). The number of amides is 1. The first kappa shape index (κ1) is 28.5. The molecule has 1 atom stereocenters. The molecule has 2 N–H and O–H groups in total. The summed E-state index contributed by atoms with van der Waals surface area (Å²) in [6.45, 7) is 6.63. The van der Waals surface area contributed by atoms with Crippen LogP contribution < -0.4 is 10.6 Å². The number of carbonyl (C=O) groups is 2. The Morgan fingerprint density at radius 3 is 2.08 bits per heavy atom. The predicted molar refractivity (Wildman–Crippen MR) is 151 cm³/mol. The number of hydrogen-bond donors (Lipinski definition) is 2. The number of esters is 1. The topological polar surface area (TPSA) is 106 Å². The molecule has 1 heterocycles. The highest BCUT2D eigenvalue weighted by Crippen LogP contribution is 2.29. The summed E-state index contributed by atoms with van der Waals surface area (Å²) in [6.07, 6.45) is 1.03. The molecule has 1 aromatic heterocycles. The minimum absolute atomic E-state index is 0.0377. The third-order valence-corrected chi connectivity index (χ3v) is 6.19. The van der Waals surface area contributed by atoms with E-state index in [-0.39, 0.29) is 36.7 Å². The van der Waals surface area contributed by atoms with Crippen LogP contribution in [-0.2, 0) is 9.53 Å². The Morgan fingerprint density at radius 2 is 1.50 bits per heavy atom. The van der Waals surface area contributed by atoms with Gasteiger partial charge in [0.25, 0.3) is 5.91 Å². The third-order valence-electron chi connectivity index (χ3n) is 6.19. The first-order valence-electron chi connectivity index (χ1n) is 13.3. The molecule has 0 spiro atoms. The molecule has 0 aliphatic carbocycles. The third kappa shape index (κ3) is 7.75. The van der Waals surface area contributed by atoms with Crippen LogP contribution in [0.5, 0.6) is 0 Å². The second-order valence-corrected chi connectivity index (χ2v) is 9.76. The maximum atomic E-state index is 13.2. The molecule has 9 heteroatoms. The smallest absolute Gasteiger partial charge is 0.307 e. The monoisotopic (exact) mass is 544 g/mol. The Kier molecular flexibility index (Phi) is 9.62. The molecule has 1 amide bonds. The Morgan fingerprint density at radius 1 is 0.900 bits per heavy atom. The van der Waals surface area contributed by atoms with E-state index in [4.69, 9.17) is 9.15 Å². The van der Waals surface area contributed by atoms with Gasteiger partial charge in [0.2, 0.25) is 11.8 Å².